The number of piperazine rings is 1. The Balaban J connectivity index is 1.40. The van der Waals surface area contributed by atoms with Crippen molar-refractivity contribution in [2.24, 2.45) is 0 Å². The topological polar surface area (TPSA) is 62.2 Å². The normalized spacial score (nSPS) is 16.2. The SMILES string of the molecule is C[C@@](Cc1nc2ccccc2s1)(C(=O)N1CCN(c2cnccn2)CC1)c1ccccc1. The average Bonchev–Trinajstić information content (AvgIpc) is 3.27. The van der Waals surface area contributed by atoms with Crippen LogP contribution in [0.2, 0.25) is 0 Å². The molecule has 0 N–H and O–H groups in total. The number of nitrogens with zero attached hydrogens (tertiary/aromatic N) is 5. The van der Waals surface area contributed by atoms with Crippen molar-refractivity contribution in [3.8, 4) is 0 Å². The zero-order valence-corrected chi connectivity index (χ0v) is 18.8. The maximum atomic E-state index is 13.9. The van der Waals surface area contributed by atoms with E-state index in [1.54, 1.807) is 29.9 Å². The molecule has 0 unspecified atom stereocenters. The maximum absolute atomic E-state index is 13.9. The van der Waals surface area contributed by atoms with E-state index in [-0.39, 0.29) is 5.91 Å². The average molecular weight is 444 g/mol. The Labute approximate surface area is 191 Å². The highest BCUT2D eigenvalue weighted by Gasteiger charge is 2.40. The van der Waals surface area contributed by atoms with Gasteiger partial charge in [-0.1, -0.05) is 42.5 Å². The number of benzene rings is 2. The largest absolute Gasteiger partial charge is 0.352 e. The standard InChI is InChI=1S/C25H25N5OS/c1-25(19-7-3-2-4-8-19,17-23-28-20-9-5-6-10-21(20)32-23)24(31)30-15-13-29(14-16-30)22-18-26-11-12-27-22/h2-12,18H,13-17H2,1H3/t25-/m0/s1. The second-order valence-electron chi connectivity index (χ2n) is 8.29. The molecule has 0 radical (unpaired) electrons. The summed E-state index contributed by atoms with van der Waals surface area (Å²) in [5, 5.41) is 0.990. The van der Waals surface area contributed by atoms with E-state index in [4.69, 9.17) is 4.98 Å². The molecule has 162 valence electrons. The Hall–Kier alpha value is -3.32. The molecule has 2 aromatic heterocycles. The number of fused-ring (bicyclic) bond motifs is 1. The Morgan fingerprint density at radius 3 is 2.47 bits per heavy atom. The smallest absolute Gasteiger partial charge is 0.233 e. The van der Waals surface area contributed by atoms with Crippen LogP contribution in [0.3, 0.4) is 0 Å². The van der Waals surface area contributed by atoms with Crippen LogP contribution in [0.15, 0.2) is 73.2 Å². The summed E-state index contributed by atoms with van der Waals surface area (Å²) in [5.74, 6) is 1.02. The van der Waals surface area contributed by atoms with Crippen LogP contribution in [0.4, 0.5) is 5.82 Å². The molecule has 5 rings (SSSR count). The van der Waals surface area contributed by atoms with Crippen LogP contribution in [0, 0.1) is 0 Å². The van der Waals surface area contributed by atoms with E-state index < -0.39 is 5.41 Å². The Bertz CT molecular complexity index is 1170. The van der Waals surface area contributed by atoms with Gasteiger partial charge in [0.2, 0.25) is 5.91 Å². The summed E-state index contributed by atoms with van der Waals surface area (Å²) in [6.45, 7) is 4.88. The fourth-order valence-corrected chi connectivity index (χ4v) is 5.47. The van der Waals surface area contributed by atoms with E-state index in [0.29, 0.717) is 19.5 Å². The molecule has 0 bridgehead atoms. The molecule has 2 aromatic carbocycles. The third kappa shape index (κ3) is 3.96. The van der Waals surface area contributed by atoms with Crippen LogP contribution in [-0.4, -0.2) is 51.9 Å². The van der Waals surface area contributed by atoms with Gasteiger partial charge in [-0.25, -0.2) is 9.97 Å². The van der Waals surface area contributed by atoms with E-state index in [0.717, 1.165) is 39.7 Å². The Morgan fingerprint density at radius 2 is 1.75 bits per heavy atom. The second kappa shape index (κ2) is 8.67. The van der Waals surface area contributed by atoms with Crippen molar-refractivity contribution < 1.29 is 4.79 Å². The van der Waals surface area contributed by atoms with Crippen LogP contribution < -0.4 is 4.90 Å². The van der Waals surface area contributed by atoms with Crippen LogP contribution in [0.5, 0.6) is 0 Å². The van der Waals surface area contributed by atoms with Gasteiger partial charge >= 0.3 is 0 Å². The number of hydrogen-bond donors (Lipinski definition) is 0. The monoisotopic (exact) mass is 443 g/mol. The Morgan fingerprint density at radius 1 is 1.00 bits per heavy atom. The number of rotatable bonds is 5. The van der Waals surface area contributed by atoms with E-state index in [2.05, 4.69) is 40.0 Å². The number of thiazole rings is 1. The van der Waals surface area contributed by atoms with Crippen LogP contribution >= 0.6 is 11.3 Å². The lowest BCUT2D eigenvalue weighted by molar-refractivity contribution is -0.137. The molecule has 1 fully saturated rings. The van der Waals surface area contributed by atoms with Gasteiger partial charge in [-0.15, -0.1) is 11.3 Å². The molecule has 1 aliphatic rings. The molecule has 4 aromatic rings. The predicted octanol–water partition coefficient (Wildman–Crippen LogP) is 3.94. The predicted molar refractivity (Wildman–Crippen MR) is 128 cm³/mol. The van der Waals surface area contributed by atoms with Crippen molar-refractivity contribution in [2.45, 2.75) is 18.8 Å². The van der Waals surface area contributed by atoms with Crippen LogP contribution in [0.25, 0.3) is 10.2 Å². The van der Waals surface area contributed by atoms with Crippen molar-refractivity contribution >= 4 is 33.3 Å². The second-order valence-corrected chi connectivity index (χ2v) is 9.41. The molecule has 3 heterocycles. The summed E-state index contributed by atoms with van der Waals surface area (Å²) in [6.07, 6.45) is 5.74. The summed E-state index contributed by atoms with van der Waals surface area (Å²) >= 11 is 1.68. The third-order valence-electron chi connectivity index (χ3n) is 6.17. The van der Waals surface area contributed by atoms with Gasteiger partial charge < -0.3 is 9.80 Å². The molecule has 1 atom stereocenters. The minimum atomic E-state index is -0.677. The lowest BCUT2D eigenvalue weighted by Gasteiger charge is -2.40. The number of carbonyl (C=O) groups is 1. The molecule has 0 aliphatic carbocycles. The Kier molecular flexibility index (Phi) is 5.57. The molecule has 0 spiro atoms. The van der Waals surface area contributed by atoms with Gasteiger partial charge in [-0.3, -0.25) is 9.78 Å². The molecule has 7 heteroatoms. The highest BCUT2D eigenvalue weighted by molar-refractivity contribution is 7.18. The highest BCUT2D eigenvalue weighted by Crippen LogP contribution is 2.34. The van der Waals surface area contributed by atoms with E-state index in [9.17, 15) is 4.79 Å². The fraction of sp³-hybridized carbons (Fsp3) is 0.280. The fourth-order valence-electron chi connectivity index (χ4n) is 4.35. The quantitative estimate of drug-likeness (QED) is 0.468. The molecule has 32 heavy (non-hydrogen) atoms. The summed E-state index contributed by atoms with van der Waals surface area (Å²) < 4.78 is 1.16. The van der Waals surface area contributed by atoms with E-state index in [1.807, 2.05) is 41.3 Å². The third-order valence-corrected chi connectivity index (χ3v) is 7.20. The number of aromatic nitrogens is 3. The van der Waals surface area contributed by atoms with Gasteiger partial charge in [-0.05, 0) is 24.6 Å². The summed E-state index contributed by atoms with van der Waals surface area (Å²) in [4.78, 5) is 31.5. The minimum absolute atomic E-state index is 0.154. The summed E-state index contributed by atoms with van der Waals surface area (Å²) in [5.41, 5.74) is 1.35. The number of anilines is 1. The van der Waals surface area contributed by atoms with Crippen molar-refractivity contribution in [2.75, 3.05) is 31.1 Å². The maximum Gasteiger partial charge on any atom is 0.233 e. The van der Waals surface area contributed by atoms with Gasteiger partial charge in [0.15, 0.2) is 0 Å². The van der Waals surface area contributed by atoms with Crippen molar-refractivity contribution in [1.29, 1.82) is 0 Å². The number of para-hydroxylation sites is 1. The van der Waals surface area contributed by atoms with Crippen molar-refractivity contribution in [3.63, 3.8) is 0 Å². The molecule has 1 aliphatic heterocycles. The number of hydrogen-bond acceptors (Lipinski definition) is 6. The first-order valence-corrected chi connectivity index (χ1v) is 11.7. The van der Waals surface area contributed by atoms with Crippen LogP contribution in [-0.2, 0) is 16.6 Å². The van der Waals surface area contributed by atoms with Gasteiger partial charge in [0.1, 0.15) is 5.82 Å². The lowest BCUT2D eigenvalue weighted by atomic mass is 9.78. The van der Waals surface area contributed by atoms with Crippen molar-refractivity contribution in [3.05, 3.63) is 83.8 Å². The zero-order valence-electron chi connectivity index (χ0n) is 18.0. The molecular weight excluding hydrogens is 418 g/mol. The lowest BCUT2D eigenvalue weighted by Crippen LogP contribution is -2.54. The van der Waals surface area contributed by atoms with Crippen LogP contribution in [0.1, 0.15) is 17.5 Å². The first-order valence-electron chi connectivity index (χ1n) is 10.8. The number of amides is 1. The van der Waals surface area contributed by atoms with E-state index >= 15 is 0 Å². The first kappa shape index (κ1) is 20.6. The van der Waals surface area contributed by atoms with Gasteiger partial charge in [0, 0.05) is 45.0 Å². The van der Waals surface area contributed by atoms with E-state index in [1.165, 1.54) is 0 Å². The van der Waals surface area contributed by atoms with Crippen molar-refractivity contribution in [1.82, 2.24) is 19.9 Å². The molecule has 1 amide bonds. The molecule has 1 saturated heterocycles. The number of carbonyl (C=O) groups excluding carboxylic acids is 1. The van der Waals surface area contributed by atoms with Gasteiger partial charge in [0.05, 0.1) is 26.8 Å². The molecule has 0 saturated carbocycles. The highest BCUT2D eigenvalue weighted by atomic mass is 32.1. The molecule has 6 nitrogen and oxygen atoms in total. The zero-order chi connectivity index (χ0) is 22.0. The summed E-state index contributed by atoms with van der Waals surface area (Å²) in [7, 11) is 0. The van der Waals surface area contributed by atoms with Gasteiger partial charge in [0.25, 0.3) is 0 Å². The minimum Gasteiger partial charge on any atom is -0.352 e. The first-order chi connectivity index (χ1) is 15.6. The van der Waals surface area contributed by atoms with Gasteiger partial charge in [-0.2, -0.15) is 0 Å². The molecular formula is C25H25N5OS. The summed E-state index contributed by atoms with van der Waals surface area (Å²) in [6, 6.07) is 18.3.